The van der Waals surface area contributed by atoms with Gasteiger partial charge in [0, 0.05) is 23.1 Å². The third kappa shape index (κ3) is 2.95. The van der Waals surface area contributed by atoms with Crippen molar-refractivity contribution in [3.05, 3.63) is 58.4 Å². The fourth-order valence-electron chi connectivity index (χ4n) is 2.71. The number of carbonyl (C=O) groups is 1. The third-order valence-corrected chi connectivity index (χ3v) is 4.67. The number of nitrogens with one attached hydrogen (secondary N) is 1. The number of fused-ring (bicyclic) bond motifs is 1. The topological polar surface area (TPSA) is 69.0 Å². The molecule has 0 saturated heterocycles. The van der Waals surface area contributed by atoms with Crippen LogP contribution in [0.15, 0.2) is 47.2 Å². The summed E-state index contributed by atoms with van der Waals surface area (Å²) in [5, 5.41) is 15.1. The Balaban J connectivity index is 1.42. The number of aromatic nitrogens is 3. The Hall–Kier alpha value is -2.51. The molecule has 1 aliphatic heterocycles. The minimum Gasteiger partial charge on any atom is -0.368 e. The molecule has 0 spiro atoms. The summed E-state index contributed by atoms with van der Waals surface area (Å²) in [6.07, 6.45) is -0.106. The number of nitrogens with zero attached hydrogens (tertiary/aromatic N) is 3. The van der Waals surface area contributed by atoms with E-state index >= 15 is 0 Å². The van der Waals surface area contributed by atoms with E-state index in [0.29, 0.717) is 25.3 Å². The summed E-state index contributed by atoms with van der Waals surface area (Å²) >= 11 is 1.51. The SMILES string of the molecule is O=C(NCC1Cn2nnc(-c3ccccc3)c2CO1)c1ccsc1. The van der Waals surface area contributed by atoms with Crippen molar-refractivity contribution in [1.82, 2.24) is 20.3 Å². The van der Waals surface area contributed by atoms with Crippen molar-refractivity contribution < 1.29 is 9.53 Å². The maximum atomic E-state index is 12.0. The molecule has 3 heterocycles. The Morgan fingerprint density at radius 2 is 2.21 bits per heavy atom. The minimum atomic E-state index is -0.106. The second kappa shape index (κ2) is 6.54. The van der Waals surface area contributed by atoms with Crippen LogP contribution in [0, 0.1) is 0 Å². The Morgan fingerprint density at radius 1 is 1.33 bits per heavy atom. The maximum Gasteiger partial charge on any atom is 0.252 e. The van der Waals surface area contributed by atoms with Gasteiger partial charge >= 0.3 is 0 Å². The zero-order valence-electron chi connectivity index (χ0n) is 12.9. The molecule has 1 aliphatic rings. The predicted octanol–water partition coefficient (Wildman–Crippen LogP) is 2.34. The molecule has 0 radical (unpaired) electrons. The molecule has 24 heavy (non-hydrogen) atoms. The largest absolute Gasteiger partial charge is 0.368 e. The van der Waals surface area contributed by atoms with Gasteiger partial charge < -0.3 is 10.1 Å². The molecule has 2 aromatic heterocycles. The van der Waals surface area contributed by atoms with Crippen LogP contribution < -0.4 is 5.32 Å². The fraction of sp³-hybridized carbons (Fsp3) is 0.235. The monoisotopic (exact) mass is 340 g/mol. The van der Waals surface area contributed by atoms with Crippen LogP contribution in [-0.4, -0.2) is 33.5 Å². The number of ether oxygens (including phenoxy) is 1. The normalized spacial score (nSPS) is 16.6. The van der Waals surface area contributed by atoms with Crippen molar-refractivity contribution in [3.63, 3.8) is 0 Å². The van der Waals surface area contributed by atoms with Crippen LogP contribution in [0.5, 0.6) is 0 Å². The Labute approximate surface area is 143 Å². The molecular formula is C17H16N4O2S. The van der Waals surface area contributed by atoms with Crippen LogP contribution >= 0.6 is 11.3 Å². The first-order valence-corrected chi connectivity index (χ1v) is 8.65. The summed E-state index contributed by atoms with van der Waals surface area (Å²) in [5.41, 5.74) is 3.55. The highest BCUT2D eigenvalue weighted by Crippen LogP contribution is 2.24. The number of hydrogen-bond donors (Lipinski definition) is 1. The van der Waals surface area contributed by atoms with Gasteiger partial charge in [-0.3, -0.25) is 4.79 Å². The van der Waals surface area contributed by atoms with Crippen molar-refractivity contribution >= 4 is 17.2 Å². The first kappa shape index (κ1) is 15.0. The van der Waals surface area contributed by atoms with E-state index in [9.17, 15) is 4.79 Å². The molecule has 1 N–H and O–H groups in total. The summed E-state index contributed by atoms with van der Waals surface area (Å²) in [5.74, 6) is -0.0748. The highest BCUT2D eigenvalue weighted by Gasteiger charge is 2.24. The number of rotatable bonds is 4. The predicted molar refractivity (Wildman–Crippen MR) is 90.7 cm³/mol. The highest BCUT2D eigenvalue weighted by atomic mass is 32.1. The number of carbonyl (C=O) groups excluding carboxylic acids is 1. The summed E-state index contributed by atoms with van der Waals surface area (Å²) in [7, 11) is 0. The maximum absolute atomic E-state index is 12.0. The van der Waals surface area contributed by atoms with E-state index in [-0.39, 0.29) is 12.0 Å². The van der Waals surface area contributed by atoms with E-state index in [2.05, 4.69) is 15.6 Å². The molecule has 1 unspecified atom stereocenters. The zero-order chi connectivity index (χ0) is 16.4. The van der Waals surface area contributed by atoms with Gasteiger partial charge in [0.05, 0.1) is 24.9 Å². The first-order valence-electron chi connectivity index (χ1n) is 7.71. The molecule has 3 aromatic rings. The lowest BCUT2D eigenvalue weighted by molar-refractivity contribution is 0.00177. The standard InChI is InChI=1S/C17H16N4O2S/c22-17(13-6-7-24-11-13)18-8-14-9-21-15(10-23-14)16(19-20-21)12-4-2-1-3-5-12/h1-7,11,14H,8-10H2,(H,18,22). The Kier molecular flexibility index (Phi) is 4.10. The summed E-state index contributed by atoms with van der Waals surface area (Å²) in [6, 6.07) is 11.8. The van der Waals surface area contributed by atoms with Gasteiger partial charge in [-0.25, -0.2) is 4.68 Å². The second-order valence-corrected chi connectivity index (χ2v) is 6.37. The molecule has 7 heteroatoms. The number of benzene rings is 1. The van der Waals surface area contributed by atoms with Crippen molar-refractivity contribution in [1.29, 1.82) is 0 Å². The third-order valence-electron chi connectivity index (χ3n) is 3.99. The molecular weight excluding hydrogens is 324 g/mol. The van der Waals surface area contributed by atoms with E-state index in [4.69, 9.17) is 4.74 Å². The van der Waals surface area contributed by atoms with Gasteiger partial charge in [0.15, 0.2) is 0 Å². The van der Waals surface area contributed by atoms with Crippen molar-refractivity contribution in [2.24, 2.45) is 0 Å². The molecule has 0 saturated carbocycles. The lowest BCUT2D eigenvalue weighted by atomic mass is 10.1. The van der Waals surface area contributed by atoms with Crippen LogP contribution in [0.1, 0.15) is 16.1 Å². The number of thiophene rings is 1. The summed E-state index contributed by atoms with van der Waals surface area (Å²) in [6.45, 7) is 1.48. The molecule has 0 aliphatic carbocycles. The molecule has 6 nitrogen and oxygen atoms in total. The van der Waals surface area contributed by atoms with E-state index in [1.807, 2.05) is 51.8 Å². The van der Waals surface area contributed by atoms with Crippen LogP contribution in [0.2, 0.25) is 0 Å². The van der Waals surface area contributed by atoms with Gasteiger partial charge in [0.2, 0.25) is 0 Å². The van der Waals surface area contributed by atoms with Gasteiger partial charge in [-0.05, 0) is 11.4 Å². The van der Waals surface area contributed by atoms with E-state index in [1.54, 1.807) is 0 Å². The molecule has 1 aromatic carbocycles. The average Bonchev–Trinajstić information content (AvgIpc) is 3.30. The van der Waals surface area contributed by atoms with Crippen LogP contribution in [-0.2, 0) is 17.9 Å². The lowest BCUT2D eigenvalue weighted by Crippen LogP contribution is -2.39. The summed E-state index contributed by atoms with van der Waals surface area (Å²) in [4.78, 5) is 12.0. The van der Waals surface area contributed by atoms with Crippen LogP contribution in [0.4, 0.5) is 0 Å². The lowest BCUT2D eigenvalue weighted by Gasteiger charge is -2.24. The van der Waals surface area contributed by atoms with Crippen molar-refractivity contribution in [2.45, 2.75) is 19.3 Å². The van der Waals surface area contributed by atoms with Gasteiger partial charge in [-0.2, -0.15) is 11.3 Å². The molecule has 1 amide bonds. The van der Waals surface area contributed by atoms with Gasteiger partial charge in [0.25, 0.3) is 5.91 Å². The van der Waals surface area contributed by atoms with Crippen molar-refractivity contribution in [2.75, 3.05) is 6.54 Å². The molecule has 122 valence electrons. The number of hydrogen-bond acceptors (Lipinski definition) is 5. The Bertz CT molecular complexity index is 830. The van der Waals surface area contributed by atoms with E-state index in [0.717, 1.165) is 17.0 Å². The Morgan fingerprint density at radius 3 is 3.00 bits per heavy atom. The van der Waals surface area contributed by atoms with Crippen molar-refractivity contribution in [3.8, 4) is 11.3 Å². The van der Waals surface area contributed by atoms with Crippen LogP contribution in [0.3, 0.4) is 0 Å². The average molecular weight is 340 g/mol. The smallest absolute Gasteiger partial charge is 0.252 e. The quantitative estimate of drug-likeness (QED) is 0.791. The molecule has 4 rings (SSSR count). The first-order chi connectivity index (χ1) is 11.8. The zero-order valence-corrected chi connectivity index (χ0v) is 13.7. The highest BCUT2D eigenvalue weighted by molar-refractivity contribution is 7.08. The fourth-order valence-corrected chi connectivity index (χ4v) is 3.35. The molecule has 0 fully saturated rings. The minimum absolute atomic E-state index is 0.0748. The summed E-state index contributed by atoms with van der Waals surface area (Å²) < 4.78 is 7.75. The van der Waals surface area contributed by atoms with E-state index < -0.39 is 0 Å². The van der Waals surface area contributed by atoms with E-state index in [1.165, 1.54) is 11.3 Å². The van der Waals surface area contributed by atoms with Crippen LogP contribution in [0.25, 0.3) is 11.3 Å². The van der Waals surface area contributed by atoms with Gasteiger partial charge in [-0.15, -0.1) is 5.10 Å². The second-order valence-electron chi connectivity index (χ2n) is 5.59. The molecule has 1 atom stereocenters. The van der Waals surface area contributed by atoms with Gasteiger partial charge in [-0.1, -0.05) is 35.5 Å². The van der Waals surface area contributed by atoms with Gasteiger partial charge in [0.1, 0.15) is 5.69 Å². The number of amides is 1. The molecule has 0 bridgehead atoms.